The number of anilines is 2. The number of rotatable bonds is 5. The van der Waals surface area contributed by atoms with E-state index in [2.05, 4.69) is 5.16 Å². The van der Waals surface area contributed by atoms with Gasteiger partial charge in [-0.15, -0.1) is 0 Å². The van der Waals surface area contributed by atoms with E-state index in [0.717, 1.165) is 11.8 Å². The highest BCUT2D eigenvalue weighted by Crippen LogP contribution is 2.39. The summed E-state index contributed by atoms with van der Waals surface area (Å²) in [4.78, 5) is 27.4. The SMILES string of the molecule is COC[C@H]1CN(c2noc3c(F)c(N4C[C@@H](C)O[C@H](C)C4)c(C=O)cc23)C(=O)S1. The van der Waals surface area contributed by atoms with Crippen molar-refractivity contribution in [1.29, 1.82) is 0 Å². The molecule has 0 bridgehead atoms. The molecule has 4 rings (SSSR count). The van der Waals surface area contributed by atoms with Crippen LogP contribution in [-0.2, 0) is 9.47 Å². The van der Waals surface area contributed by atoms with Crippen molar-refractivity contribution in [3.8, 4) is 0 Å². The Labute approximate surface area is 171 Å². The van der Waals surface area contributed by atoms with E-state index >= 15 is 4.39 Å². The van der Waals surface area contributed by atoms with Crippen LogP contribution in [0.25, 0.3) is 11.0 Å². The fourth-order valence-corrected chi connectivity index (χ4v) is 4.97. The van der Waals surface area contributed by atoms with E-state index < -0.39 is 5.82 Å². The second-order valence-electron chi connectivity index (χ2n) is 7.36. The Balaban J connectivity index is 1.76. The number of aromatic nitrogens is 1. The van der Waals surface area contributed by atoms with Crippen molar-refractivity contribution in [2.45, 2.75) is 31.3 Å². The van der Waals surface area contributed by atoms with Gasteiger partial charge in [-0.1, -0.05) is 16.9 Å². The molecule has 2 aliphatic rings. The van der Waals surface area contributed by atoms with Crippen LogP contribution in [-0.4, -0.2) is 67.5 Å². The van der Waals surface area contributed by atoms with Crippen LogP contribution in [0.5, 0.6) is 0 Å². The quantitative estimate of drug-likeness (QED) is 0.679. The summed E-state index contributed by atoms with van der Waals surface area (Å²) in [5.41, 5.74) is 0.297. The monoisotopic (exact) mass is 423 g/mol. The number of nitrogens with zero attached hydrogens (tertiary/aromatic N) is 3. The highest BCUT2D eigenvalue weighted by molar-refractivity contribution is 8.14. The van der Waals surface area contributed by atoms with E-state index in [1.54, 1.807) is 18.1 Å². The summed E-state index contributed by atoms with van der Waals surface area (Å²) < 4.78 is 31.6. The first-order valence-corrected chi connectivity index (χ1v) is 10.3. The maximum Gasteiger partial charge on any atom is 0.287 e. The van der Waals surface area contributed by atoms with Gasteiger partial charge in [0, 0.05) is 32.3 Å². The molecule has 2 aromatic rings. The molecule has 0 aliphatic carbocycles. The number of ether oxygens (including phenoxy) is 2. The summed E-state index contributed by atoms with van der Waals surface area (Å²) in [5.74, 6) is -0.439. The van der Waals surface area contributed by atoms with Gasteiger partial charge in [0.15, 0.2) is 17.9 Å². The van der Waals surface area contributed by atoms with Gasteiger partial charge in [0.2, 0.25) is 5.58 Å². The minimum absolute atomic E-state index is 0.0507. The van der Waals surface area contributed by atoms with Gasteiger partial charge in [0.05, 0.1) is 35.1 Å². The van der Waals surface area contributed by atoms with Gasteiger partial charge in [0.1, 0.15) is 0 Å². The molecule has 8 nitrogen and oxygen atoms in total. The van der Waals surface area contributed by atoms with Crippen molar-refractivity contribution in [2.24, 2.45) is 0 Å². The van der Waals surface area contributed by atoms with Gasteiger partial charge >= 0.3 is 0 Å². The minimum Gasteiger partial charge on any atom is -0.383 e. The molecule has 2 saturated heterocycles. The van der Waals surface area contributed by atoms with E-state index in [0.29, 0.717) is 37.9 Å². The van der Waals surface area contributed by atoms with Crippen molar-refractivity contribution in [1.82, 2.24) is 5.16 Å². The predicted molar refractivity (Wildman–Crippen MR) is 108 cm³/mol. The van der Waals surface area contributed by atoms with Crippen LogP contribution < -0.4 is 9.80 Å². The molecule has 2 fully saturated rings. The molecular formula is C19H22FN3O5S. The first kappa shape index (κ1) is 20.1. The van der Waals surface area contributed by atoms with Crippen molar-refractivity contribution >= 4 is 45.8 Å². The average molecular weight is 423 g/mol. The number of thioether (sulfide) groups is 1. The Morgan fingerprint density at radius 2 is 2.07 bits per heavy atom. The zero-order chi connectivity index (χ0) is 20.7. The molecule has 156 valence electrons. The Hall–Kier alpha value is -2.17. The normalized spacial score (nSPS) is 25.2. The van der Waals surface area contributed by atoms with Crippen molar-refractivity contribution < 1.29 is 28.0 Å². The zero-order valence-electron chi connectivity index (χ0n) is 16.4. The van der Waals surface area contributed by atoms with E-state index in [-0.39, 0.29) is 45.3 Å². The zero-order valence-corrected chi connectivity index (χ0v) is 17.2. The third-order valence-corrected chi connectivity index (χ3v) is 6.08. The van der Waals surface area contributed by atoms with Gasteiger partial charge in [-0.2, -0.15) is 0 Å². The lowest BCUT2D eigenvalue weighted by Gasteiger charge is -2.37. The summed E-state index contributed by atoms with van der Waals surface area (Å²) in [6, 6.07) is 1.54. The van der Waals surface area contributed by atoms with Crippen LogP contribution in [0.3, 0.4) is 0 Å². The Kier molecular flexibility index (Phi) is 5.50. The van der Waals surface area contributed by atoms with Gasteiger partial charge in [-0.25, -0.2) is 4.39 Å². The maximum absolute atomic E-state index is 15.4. The Bertz CT molecular complexity index is 942. The molecule has 2 aliphatic heterocycles. The molecule has 1 aromatic carbocycles. The molecule has 0 N–H and O–H groups in total. The lowest BCUT2D eigenvalue weighted by Crippen LogP contribution is -2.46. The van der Waals surface area contributed by atoms with Crippen LogP contribution in [0.4, 0.5) is 20.7 Å². The van der Waals surface area contributed by atoms with E-state index in [9.17, 15) is 9.59 Å². The van der Waals surface area contributed by atoms with E-state index in [1.165, 1.54) is 4.90 Å². The highest BCUT2D eigenvalue weighted by atomic mass is 32.2. The standard InChI is InChI=1S/C19H22FN3O5S/c1-10-5-22(6-11(2)27-10)16-12(8-24)4-14-17(15(16)20)28-21-18(14)23-7-13(9-26-3)29-19(23)25/h4,8,10-11,13H,5-7,9H2,1-3H3/t10-,11-,13-/m1/s1. The summed E-state index contributed by atoms with van der Waals surface area (Å²) in [5, 5.41) is 3.99. The number of carbonyl (C=O) groups is 2. The summed E-state index contributed by atoms with van der Waals surface area (Å²) >= 11 is 1.14. The summed E-state index contributed by atoms with van der Waals surface area (Å²) in [6.07, 6.45) is 0.416. The fraction of sp³-hybridized carbons (Fsp3) is 0.526. The number of benzene rings is 1. The lowest BCUT2D eigenvalue weighted by molar-refractivity contribution is -0.00543. The van der Waals surface area contributed by atoms with Crippen LogP contribution in [0.15, 0.2) is 10.6 Å². The molecule has 0 unspecified atom stereocenters. The van der Waals surface area contributed by atoms with Crippen molar-refractivity contribution in [3.05, 3.63) is 17.4 Å². The number of carbonyl (C=O) groups excluding carboxylic acids is 2. The van der Waals surface area contributed by atoms with Gasteiger partial charge in [-0.05, 0) is 19.9 Å². The topological polar surface area (TPSA) is 85.1 Å². The molecule has 0 radical (unpaired) electrons. The third kappa shape index (κ3) is 3.60. The minimum atomic E-state index is -0.655. The predicted octanol–water partition coefficient (Wildman–Crippen LogP) is 3.08. The van der Waals surface area contributed by atoms with Crippen LogP contribution >= 0.6 is 11.8 Å². The van der Waals surface area contributed by atoms with Gasteiger partial charge in [-0.3, -0.25) is 14.5 Å². The first-order chi connectivity index (χ1) is 13.9. The maximum atomic E-state index is 15.4. The summed E-state index contributed by atoms with van der Waals surface area (Å²) in [7, 11) is 1.57. The Morgan fingerprint density at radius 1 is 1.34 bits per heavy atom. The molecule has 3 atom stereocenters. The number of halogens is 1. The average Bonchev–Trinajstić information content (AvgIpc) is 3.24. The molecular weight excluding hydrogens is 401 g/mol. The molecule has 10 heteroatoms. The van der Waals surface area contributed by atoms with Crippen molar-refractivity contribution in [2.75, 3.05) is 43.2 Å². The largest absolute Gasteiger partial charge is 0.383 e. The first-order valence-electron chi connectivity index (χ1n) is 9.37. The Morgan fingerprint density at radius 3 is 2.72 bits per heavy atom. The number of hydrogen-bond donors (Lipinski definition) is 0. The fourth-order valence-electron chi connectivity index (χ4n) is 3.97. The molecule has 0 saturated carbocycles. The number of hydrogen-bond acceptors (Lipinski definition) is 8. The van der Waals surface area contributed by atoms with Crippen LogP contribution in [0, 0.1) is 5.82 Å². The molecule has 29 heavy (non-hydrogen) atoms. The number of aldehydes is 1. The number of amides is 1. The van der Waals surface area contributed by atoms with Gasteiger partial charge < -0.3 is 18.9 Å². The number of morpholine rings is 1. The number of methoxy groups -OCH3 is 1. The lowest BCUT2D eigenvalue weighted by atomic mass is 10.1. The molecule has 0 spiro atoms. The third-order valence-electron chi connectivity index (χ3n) is 5.03. The smallest absolute Gasteiger partial charge is 0.287 e. The summed E-state index contributed by atoms with van der Waals surface area (Å²) in [6.45, 7) is 5.49. The second-order valence-corrected chi connectivity index (χ2v) is 8.61. The molecule has 1 amide bonds. The van der Waals surface area contributed by atoms with Crippen LogP contribution in [0.1, 0.15) is 24.2 Å². The van der Waals surface area contributed by atoms with Crippen LogP contribution in [0.2, 0.25) is 0 Å². The van der Waals surface area contributed by atoms with E-state index in [1.807, 2.05) is 13.8 Å². The number of fused-ring (bicyclic) bond motifs is 1. The van der Waals surface area contributed by atoms with Crippen molar-refractivity contribution in [3.63, 3.8) is 0 Å². The van der Waals surface area contributed by atoms with E-state index in [4.69, 9.17) is 14.0 Å². The molecule has 3 heterocycles. The molecule has 1 aromatic heterocycles. The highest BCUT2D eigenvalue weighted by Gasteiger charge is 2.36. The van der Waals surface area contributed by atoms with Gasteiger partial charge in [0.25, 0.3) is 5.24 Å². The second kappa shape index (κ2) is 7.92.